The number of carbonyl (C=O) groups is 1. The lowest BCUT2D eigenvalue weighted by molar-refractivity contribution is 0.102. The maximum Gasteiger partial charge on any atom is 0.257 e. The number of amides is 1. The molecule has 0 radical (unpaired) electrons. The van der Waals surface area contributed by atoms with Crippen molar-refractivity contribution in [2.45, 2.75) is 0 Å². The van der Waals surface area contributed by atoms with Gasteiger partial charge in [-0.2, -0.15) is 0 Å². The molecule has 21 heavy (non-hydrogen) atoms. The van der Waals surface area contributed by atoms with Crippen molar-refractivity contribution >= 4 is 45.8 Å². The summed E-state index contributed by atoms with van der Waals surface area (Å²) in [5.74, 6) is -1.12. The zero-order valence-electron chi connectivity index (χ0n) is 10.3. The molecule has 0 aromatic carbocycles. The highest BCUT2D eigenvalue weighted by Crippen LogP contribution is 2.29. The van der Waals surface area contributed by atoms with Crippen LogP contribution in [-0.2, 0) is 0 Å². The van der Waals surface area contributed by atoms with E-state index in [4.69, 9.17) is 23.2 Å². The van der Waals surface area contributed by atoms with Gasteiger partial charge >= 0.3 is 0 Å². The van der Waals surface area contributed by atoms with Gasteiger partial charge in [0.1, 0.15) is 5.65 Å². The number of nitrogens with one attached hydrogen (secondary N) is 2. The van der Waals surface area contributed by atoms with Gasteiger partial charge < -0.3 is 10.3 Å². The number of pyridine rings is 2. The van der Waals surface area contributed by atoms with E-state index < -0.39 is 11.7 Å². The molecule has 0 unspecified atom stereocenters. The highest BCUT2D eigenvalue weighted by molar-refractivity contribution is 6.31. The van der Waals surface area contributed by atoms with Crippen molar-refractivity contribution in [3.05, 3.63) is 52.3 Å². The fraction of sp³-hybridized carbons (Fsp3) is 0. The van der Waals surface area contributed by atoms with Crippen LogP contribution in [0.4, 0.5) is 10.1 Å². The molecule has 8 heteroatoms. The van der Waals surface area contributed by atoms with Gasteiger partial charge in [0.15, 0.2) is 5.82 Å². The molecule has 3 rings (SSSR count). The molecule has 3 aromatic rings. The maximum absolute atomic E-state index is 14.0. The number of fused-ring (bicyclic) bond motifs is 1. The number of anilines is 1. The van der Waals surface area contributed by atoms with Crippen LogP contribution < -0.4 is 5.32 Å². The second-order valence-corrected chi connectivity index (χ2v) is 5.04. The predicted octanol–water partition coefficient (Wildman–Crippen LogP) is 3.66. The first kappa shape index (κ1) is 13.8. The van der Waals surface area contributed by atoms with E-state index >= 15 is 0 Å². The zero-order chi connectivity index (χ0) is 15.0. The van der Waals surface area contributed by atoms with Gasteiger partial charge in [0.25, 0.3) is 5.91 Å². The predicted molar refractivity (Wildman–Crippen MR) is 78.3 cm³/mol. The molecule has 1 amide bonds. The number of aromatic amines is 1. The van der Waals surface area contributed by atoms with Crippen molar-refractivity contribution < 1.29 is 9.18 Å². The van der Waals surface area contributed by atoms with E-state index in [1.807, 2.05) is 0 Å². The lowest BCUT2D eigenvalue weighted by Crippen LogP contribution is -2.12. The Morgan fingerprint density at radius 1 is 1.29 bits per heavy atom. The molecule has 0 saturated heterocycles. The molecule has 3 heterocycles. The Hall–Kier alpha value is -2.18. The van der Waals surface area contributed by atoms with Crippen molar-refractivity contribution in [1.29, 1.82) is 0 Å². The second-order valence-electron chi connectivity index (χ2n) is 4.19. The van der Waals surface area contributed by atoms with Crippen LogP contribution in [0.15, 0.2) is 30.9 Å². The Balaban J connectivity index is 1.99. The normalized spacial score (nSPS) is 10.8. The van der Waals surface area contributed by atoms with Gasteiger partial charge in [-0.15, -0.1) is 0 Å². The Morgan fingerprint density at radius 2 is 2.10 bits per heavy atom. The molecule has 106 valence electrons. The van der Waals surface area contributed by atoms with Gasteiger partial charge in [0.2, 0.25) is 0 Å². The molecule has 0 aliphatic heterocycles. The van der Waals surface area contributed by atoms with Crippen molar-refractivity contribution in [3.63, 3.8) is 0 Å². The van der Waals surface area contributed by atoms with Gasteiger partial charge in [-0.3, -0.25) is 9.78 Å². The van der Waals surface area contributed by atoms with Crippen LogP contribution in [0.25, 0.3) is 11.0 Å². The number of nitrogens with zero attached hydrogens (tertiary/aromatic N) is 2. The van der Waals surface area contributed by atoms with Crippen LogP contribution in [0, 0.1) is 5.82 Å². The number of hydrogen-bond acceptors (Lipinski definition) is 3. The van der Waals surface area contributed by atoms with E-state index in [1.54, 1.807) is 0 Å². The van der Waals surface area contributed by atoms with Crippen molar-refractivity contribution in [1.82, 2.24) is 15.0 Å². The quantitative estimate of drug-likeness (QED) is 0.755. The van der Waals surface area contributed by atoms with Gasteiger partial charge in [-0.25, -0.2) is 9.37 Å². The van der Waals surface area contributed by atoms with Crippen LogP contribution in [-0.4, -0.2) is 20.9 Å². The first-order chi connectivity index (χ1) is 10.1. The van der Waals surface area contributed by atoms with Crippen LogP contribution >= 0.6 is 23.2 Å². The maximum atomic E-state index is 14.0. The zero-order valence-corrected chi connectivity index (χ0v) is 11.8. The SMILES string of the molecule is O=C(Nc1c[nH]c2ncc(Cl)c(F)c12)c1cncc(Cl)c1. The largest absolute Gasteiger partial charge is 0.344 e. The number of hydrogen-bond donors (Lipinski definition) is 2. The molecule has 3 aromatic heterocycles. The summed E-state index contributed by atoms with van der Waals surface area (Å²) in [5, 5.41) is 2.89. The number of H-pyrrole nitrogens is 1. The van der Waals surface area contributed by atoms with E-state index in [-0.39, 0.29) is 27.3 Å². The van der Waals surface area contributed by atoms with Crippen molar-refractivity contribution in [2.24, 2.45) is 0 Å². The monoisotopic (exact) mass is 324 g/mol. The Labute approximate surface area is 128 Å². The first-order valence-corrected chi connectivity index (χ1v) is 6.55. The fourth-order valence-corrected chi connectivity index (χ4v) is 2.18. The molecular weight excluding hydrogens is 318 g/mol. The summed E-state index contributed by atoms with van der Waals surface area (Å²) in [5.41, 5.74) is 0.783. The third kappa shape index (κ3) is 2.55. The summed E-state index contributed by atoms with van der Waals surface area (Å²) in [6.07, 6.45) is 5.40. The average molecular weight is 325 g/mol. The van der Waals surface area contributed by atoms with E-state index in [1.165, 1.54) is 30.9 Å². The molecule has 0 saturated carbocycles. The van der Waals surface area contributed by atoms with Gasteiger partial charge in [0.05, 0.1) is 32.9 Å². The number of aromatic nitrogens is 3. The minimum Gasteiger partial charge on any atom is -0.344 e. The number of carbonyl (C=O) groups excluding carboxylic acids is 1. The number of halogens is 3. The number of rotatable bonds is 2. The van der Waals surface area contributed by atoms with E-state index in [9.17, 15) is 9.18 Å². The standard InChI is InChI=1S/C13H7Cl2FN4O/c14-7-1-6(2-17-3-7)13(21)20-9-5-19-12-10(9)11(16)8(15)4-18-12/h1-5H,(H,18,19)(H,20,21). The summed E-state index contributed by atoms with van der Waals surface area (Å²) < 4.78 is 14.0. The van der Waals surface area contributed by atoms with Gasteiger partial charge in [-0.1, -0.05) is 23.2 Å². The van der Waals surface area contributed by atoms with Crippen LogP contribution in [0.2, 0.25) is 10.0 Å². The van der Waals surface area contributed by atoms with E-state index in [0.29, 0.717) is 5.02 Å². The third-order valence-corrected chi connectivity index (χ3v) is 3.28. The molecule has 0 bridgehead atoms. The third-order valence-electron chi connectivity index (χ3n) is 2.81. The van der Waals surface area contributed by atoms with E-state index in [0.717, 1.165) is 0 Å². The molecule has 0 fully saturated rings. The highest BCUT2D eigenvalue weighted by Gasteiger charge is 2.16. The summed E-state index contributed by atoms with van der Waals surface area (Å²) in [7, 11) is 0. The minimum absolute atomic E-state index is 0.117. The molecule has 2 N–H and O–H groups in total. The lowest BCUT2D eigenvalue weighted by atomic mass is 10.2. The summed E-state index contributed by atoms with van der Waals surface area (Å²) in [4.78, 5) is 22.6. The summed E-state index contributed by atoms with van der Waals surface area (Å²) >= 11 is 11.5. The molecule has 0 atom stereocenters. The van der Waals surface area contributed by atoms with Crippen LogP contribution in [0.3, 0.4) is 0 Å². The first-order valence-electron chi connectivity index (χ1n) is 5.79. The Kier molecular flexibility index (Phi) is 3.48. The molecule has 0 spiro atoms. The molecule has 0 aliphatic rings. The minimum atomic E-state index is -0.651. The smallest absolute Gasteiger partial charge is 0.257 e. The van der Waals surface area contributed by atoms with Crippen molar-refractivity contribution in [2.75, 3.05) is 5.32 Å². The Bertz CT molecular complexity index is 849. The molecule has 5 nitrogen and oxygen atoms in total. The molecular formula is C13H7Cl2FN4O. The summed E-state index contributed by atoms with van der Waals surface area (Å²) in [6, 6.07) is 1.46. The average Bonchev–Trinajstić information content (AvgIpc) is 2.86. The van der Waals surface area contributed by atoms with Crippen LogP contribution in [0.1, 0.15) is 10.4 Å². The lowest BCUT2D eigenvalue weighted by Gasteiger charge is -2.04. The fourth-order valence-electron chi connectivity index (χ4n) is 1.86. The van der Waals surface area contributed by atoms with Crippen LogP contribution in [0.5, 0.6) is 0 Å². The topological polar surface area (TPSA) is 70.7 Å². The summed E-state index contributed by atoms with van der Waals surface area (Å²) in [6.45, 7) is 0. The Morgan fingerprint density at radius 3 is 2.86 bits per heavy atom. The molecule has 0 aliphatic carbocycles. The van der Waals surface area contributed by atoms with Gasteiger partial charge in [-0.05, 0) is 6.07 Å². The van der Waals surface area contributed by atoms with E-state index in [2.05, 4.69) is 20.3 Å². The van der Waals surface area contributed by atoms with Crippen molar-refractivity contribution in [3.8, 4) is 0 Å². The highest BCUT2D eigenvalue weighted by atomic mass is 35.5. The van der Waals surface area contributed by atoms with Gasteiger partial charge in [0, 0.05) is 18.6 Å². The second kappa shape index (κ2) is 5.31.